The molecular weight excluding hydrogens is 549 g/mol. The number of hydrogen-bond acceptors (Lipinski definition) is 7. The Balaban J connectivity index is 1.59. The van der Waals surface area contributed by atoms with Crippen molar-refractivity contribution in [2.24, 2.45) is 4.99 Å². The number of ether oxygens (including phenoxy) is 2. The Labute approximate surface area is 233 Å². The van der Waals surface area contributed by atoms with Crippen LogP contribution in [0, 0.1) is 10.1 Å². The van der Waals surface area contributed by atoms with E-state index in [0.29, 0.717) is 43.7 Å². The molecule has 1 saturated heterocycles. The molecule has 1 aliphatic heterocycles. The average molecular weight is 570 g/mol. The van der Waals surface area contributed by atoms with E-state index in [-0.39, 0.29) is 18.2 Å². The highest BCUT2D eigenvalue weighted by molar-refractivity contribution is 8.18. The van der Waals surface area contributed by atoms with Crippen LogP contribution in [0.4, 0.5) is 11.4 Å². The van der Waals surface area contributed by atoms with Crippen LogP contribution in [0.3, 0.4) is 0 Å². The molecule has 3 aromatic carbocycles. The number of halogens is 2. The number of allylic oxidation sites excluding steroid dienone is 1. The summed E-state index contributed by atoms with van der Waals surface area (Å²) in [6.07, 6.45) is 3.96. The van der Waals surface area contributed by atoms with Crippen molar-refractivity contribution in [1.82, 2.24) is 5.32 Å². The van der Waals surface area contributed by atoms with Crippen molar-refractivity contribution in [3.8, 4) is 11.5 Å². The molecule has 0 aromatic heterocycles. The summed E-state index contributed by atoms with van der Waals surface area (Å²) in [5.74, 6) is 0.699. The molecular formula is C27H21Cl2N3O5S. The lowest BCUT2D eigenvalue weighted by molar-refractivity contribution is -0.384. The number of non-ortho nitro benzene ring substituents is 1. The molecule has 0 radical (unpaired) electrons. The number of nitrogens with zero attached hydrogens (tertiary/aromatic N) is 2. The van der Waals surface area contributed by atoms with Crippen LogP contribution in [0.25, 0.3) is 6.08 Å². The first-order valence-corrected chi connectivity index (χ1v) is 12.8. The number of amidine groups is 1. The molecule has 0 aliphatic carbocycles. The first-order valence-electron chi connectivity index (χ1n) is 11.2. The summed E-state index contributed by atoms with van der Waals surface area (Å²) < 4.78 is 11.7. The van der Waals surface area contributed by atoms with E-state index in [2.05, 4.69) is 16.9 Å². The summed E-state index contributed by atoms with van der Waals surface area (Å²) in [4.78, 5) is 27.9. The maximum Gasteiger partial charge on any atom is 0.269 e. The van der Waals surface area contributed by atoms with E-state index in [1.54, 1.807) is 48.6 Å². The van der Waals surface area contributed by atoms with E-state index in [4.69, 9.17) is 32.7 Å². The van der Waals surface area contributed by atoms with Gasteiger partial charge >= 0.3 is 0 Å². The number of carbonyl (C=O) groups is 1. The third kappa shape index (κ3) is 6.36. The maximum atomic E-state index is 12.6. The smallest absolute Gasteiger partial charge is 0.269 e. The molecule has 0 saturated carbocycles. The molecule has 0 spiro atoms. The Kier molecular flexibility index (Phi) is 8.73. The summed E-state index contributed by atoms with van der Waals surface area (Å²) >= 11 is 13.5. The van der Waals surface area contributed by atoms with E-state index in [1.165, 1.54) is 31.0 Å². The highest BCUT2D eigenvalue weighted by Crippen LogP contribution is 2.37. The quantitative estimate of drug-likeness (QED) is 0.127. The number of hydrogen-bond donors (Lipinski definition) is 1. The number of nitro benzene ring substituents is 1. The number of rotatable bonds is 9. The molecule has 1 amide bonds. The summed E-state index contributed by atoms with van der Waals surface area (Å²) in [5.41, 5.74) is 2.75. The Morgan fingerprint density at radius 2 is 1.95 bits per heavy atom. The predicted octanol–water partition coefficient (Wildman–Crippen LogP) is 7.11. The maximum absolute atomic E-state index is 12.6. The molecule has 3 aromatic rings. The van der Waals surface area contributed by atoms with Gasteiger partial charge in [-0.25, -0.2) is 4.99 Å². The van der Waals surface area contributed by atoms with Gasteiger partial charge in [0, 0.05) is 17.7 Å². The predicted molar refractivity (Wildman–Crippen MR) is 152 cm³/mol. The molecule has 0 bridgehead atoms. The van der Waals surface area contributed by atoms with Gasteiger partial charge in [0.25, 0.3) is 11.6 Å². The molecule has 1 heterocycles. The zero-order valence-electron chi connectivity index (χ0n) is 20.1. The summed E-state index contributed by atoms with van der Waals surface area (Å²) in [6, 6.07) is 14.9. The van der Waals surface area contributed by atoms with Crippen molar-refractivity contribution in [3.63, 3.8) is 0 Å². The van der Waals surface area contributed by atoms with Gasteiger partial charge in [-0.1, -0.05) is 35.3 Å². The van der Waals surface area contributed by atoms with Crippen molar-refractivity contribution in [2.45, 2.75) is 13.0 Å². The van der Waals surface area contributed by atoms with Crippen LogP contribution in [-0.4, -0.2) is 23.1 Å². The number of amides is 1. The molecule has 4 rings (SSSR count). The molecule has 194 valence electrons. The van der Waals surface area contributed by atoms with Gasteiger partial charge in [-0.3, -0.25) is 14.9 Å². The molecule has 11 heteroatoms. The van der Waals surface area contributed by atoms with Crippen LogP contribution in [0.15, 0.2) is 77.1 Å². The molecule has 1 N–H and O–H groups in total. The molecule has 8 nitrogen and oxygen atoms in total. The van der Waals surface area contributed by atoms with Gasteiger partial charge in [0.1, 0.15) is 6.61 Å². The second kappa shape index (κ2) is 12.2. The Morgan fingerprint density at radius 3 is 2.63 bits per heavy atom. The van der Waals surface area contributed by atoms with Crippen LogP contribution < -0.4 is 14.8 Å². The summed E-state index contributed by atoms with van der Waals surface area (Å²) in [7, 11) is 1.53. The molecule has 0 unspecified atom stereocenters. The van der Waals surface area contributed by atoms with E-state index < -0.39 is 4.92 Å². The molecule has 0 atom stereocenters. The van der Waals surface area contributed by atoms with E-state index in [9.17, 15) is 14.9 Å². The first-order chi connectivity index (χ1) is 18.3. The van der Waals surface area contributed by atoms with Crippen molar-refractivity contribution < 1.29 is 19.2 Å². The first kappa shape index (κ1) is 27.3. The highest BCUT2D eigenvalue weighted by atomic mass is 35.5. The second-order valence-electron chi connectivity index (χ2n) is 7.97. The second-order valence-corrected chi connectivity index (χ2v) is 9.79. The lowest BCUT2D eigenvalue weighted by atomic mass is 10.0. The largest absolute Gasteiger partial charge is 0.493 e. The van der Waals surface area contributed by atoms with E-state index >= 15 is 0 Å². The zero-order valence-corrected chi connectivity index (χ0v) is 22.4. The van der Waals surface area contributed by atoms with Crippen molar-refractivity contribution >= 4 is 63.5 Å². The fourth-order valence-corrected chi connectivity index (χ4v) is 4.75. The van der Waals surface area contributed by atoms with Gasteiger partial charge in [-0.05, 0) is 71.8 Å². The van der Waals surface area contributed by atoms with E-state index in [0.717, 1.165) is 16.7 Å². The topological polar surface area (TPSA) is 103 Å². The van der Waals surface area contributed by atoms with Gasteiger partial charge in [-0.2, -0.15) is 0 Å². The standard InChI is InChI=1S/C27H21Cl2N3O5S/c1-3-5-18-12-17(13-22(36-2)25(18)37-15-16-8-10-19(11-9-16)32(34)35)14-23-26(33)31-27(38-23)30-21-7-4-6-20(28)24(21)29/h3-4,6-14H,1,5,15H2,2H3,(H,30,31,33)/b23-14+. The fraction of sp³-hybridized carbons (Fsp3) is 0.111. The van der Waals surface area contributed by atoms with Gasteiger partial charge in [0.2, 0.25) is 0 Å². The fourth-order valence-electron chi connectivity index (χ4n) is 3.58. The minimum Gasteiger partial charge on any atom is -0.493 e. The summed E-state index contributed by atoms with van der Waals surface area (Å²) in [6.45, 7) is 4.01. The normalized spacial score (nSPS) is 15.0. The van der Waals surface area contributed by atoms with E-state index in [1.807, 2.05) is 6.07 Å². The number of carbonyl (C=O) groups excluding carboxylic acids is 1. The van der Waals surface area contributed by atoms with Crippen molar-refractivity contribution in [1.29, 1.82) is 0 Å². The van der Waals surface area contributed by atoms with Crippen LogP contribution in [0.5, 0.6) is 11.5 Å². The van der Waals surface area contributed by atoms with Crippen LogP contribution >= 0.6 is 35.0 Å². The van der Waals surface area contributed by atoms with Gasteiger partial charge in [-0.15, -0.1) is 6.58 Å². The Hall–Kier alpha value is -3.79. The van der Waals surface area contributed by atoms with Crippen LogP contribution in [-0.2, 0) is 17.8 Å². The number of nitrogens with one attached hydrogen (secondary N) is 1. The molecule has 1 aliphatic rings. The minimum atomic E-state index is -0.451. The number of aliphatic imine (C=N–C) groups is 1. The number of methoxy groups -OCH3 is 1. The SMILES string of the molecule is C=CCc1cc(/C=C2/SC(=Nc3cccc(Cl)c3Cl)NC2=O)cc(OC)c1OCc1ccc([N+](=O)[O-])cc1. The molecule has 38 heavy (non-hydrogen) atoms. The highest BCUT2D eigenvalue weighted by Gasteiger charge is 2.25. The number of benzene rings is 3. The zero-order chi connectivity index (χ0) is 27.2. The van der Waals surface area contributed by atoms with Crippen molar-refractivity contribution in [2.75, 3.05) is 7.11 Å². The minimum absolute atomic E-state index is 0.00810. The lowest BCUT2D eigenvalue weighted by Crippen LogP contribution is -2.19. The van der Waals surface area contributed by atoms with Crippen molar-refractivity contribution in [3.05, 3.63) is 109 Å². The van der Waals surface area contributed by atoms with Gasteiger partial charge in [0.15, 0.2) is 16.7 Å². The third-order valence-corrected chi connectivity index (χ3v) is 7.09. The third-order valence-electron chi connectivity index (χ3n) is 5.37. The number of nitro groups is 1. The average Bonchev–Trinajstić information content (AvgIpc) is 3.24. The lowest BCUT2D eigenvalue weighted by Gasteiger charge is -2.16. The van der Waals surface area contributed by atoms with Gasteiger partial charge in [0.05, 0.1) is 32.7 Å². The van der Waals surface area contributed by atoms with Crippen LogP contribution in [0.1, 0.15) is 16.7 Å². The summed E-state index contributed by atoms with van der Waals surface area (Å²) in [5, 5.41) is 14.7. The number of thioether (sulfide) groups is 1. The Morgan fingerprint density at radius 1 is 1.18 bits per heavy atom. The van der Waals surface area contributed by atoms with Crippen LogP contribution in [0.2, 0.25) is 10.0 Å². The van der Waals surface area contributed by atoms with Gasteiger partial charge < -0.3 is 14.8 Å². The Bertz CT molecular complexity index is 1470. The molecule has 1 fully saturated rings. The monoisotopic (exact) mass is 569 g/mol.